The molecule has 106 valence electrons. The Hall–Kier alpha value is -0.770. The van der Waals surface area contributed by atoms with Crippen molar-refractivity contribution >= 4 is 6.09 Å². The van der Waals surface area contributed by atoms with Crippen molar-refractivity contribution in [2.75, 3.05) is 20.6 Å². The van der Waals surface area contributed by atoms with Crippen molar-refractivity contribution in [1.29, 1.82) is 0 Å². The number of hydrogen-bond acceptors (Lipinski definition) is 3. The zero-order valence-electron chi connectivity index (χ0n) is 12.5. The summed E-state index contributed by atoms with van der Waals surface area (Å²) in [6.07, 6.45) is 4.33. The van der Waals surface area contributed by atoms with Gasteiger partial charge in [-0.15, -0.1) is 0 Å². The number of nitrogens with zero attached hydrogens (tertiary/aromatic N) is 1. The highest BCUT2D eigenvalue weighted by Crippen LogP contribution is 2.28. The van der Waals surface area contributed by atoms with Crippen LogP contribution < -0.4 is 5.32 Å². The smallest absolute Gasteiger partial charge is 0.407 e. The molecule has 1 aliphatic rings. The number of nitrogens with one attached hydrogen (secondary N) is 1. The van der Waals surface area contributed by atoms with E-state index in [0.29, 0.717) is 6.04 Å². The summed E-state index contributed by atoms with van der Waals surface area (Å²) in [7, 11) is 4.21. The minimum Gasteiger partial charge on any atom is -0.444 e. The summed E-state index contributed by atoms with van der Waals surface area (Å²) in [4.78, 5) is 13.9. The summed E-state index contributed by atoms with van der Waals surface area (Å²) in [6, 6.07) is 0.298. The number of hydrogen-bond donors (Lipinski definition) is 1. The summed E-state index contributed by atoms with van der Waals surface area (Å²) in [6.45, 7) is 6.80. The maximum absolute atomic E-state index is 11.6. The van der Waals surface area contributed by atoms with Crippen LogP contribution in [0.25, 0.3) is 0 Å². The van der Waals surface area contributed by atoms with Gasteiger partial charge in [0.2, 0.25) is 0 Å². The SMILES string of the molecule is CN(C)CCC1CCC(NC(=O)OC(C)(C)C)C1. The molecule has 1 aliphatic carbocycles. The van der Waals surface area contributed by atoms with Gasteiger partial charge in [0.15, 0.2) is 0 Å². The van der Waals surface area contributed by atoms with Gasteiger partial charge in [-0.25, -0.2) is 4.79 Å². The Morgan fingerprint density at radius 3 is 2.56 bits per heavy atom. The van der Waals surface area contributed by atoms with Crippen molar-refractivity contribution in [3.05, 3.63) is 0 Å². The molecule has 18 heavy (non-hydrogen) atoms. The molecule has 1 N–H and O–H groups in total. The number of carbonyl (C=O) groups is 1. The third-order valence-corrected chi connectivity index (χ3v) is 3.25. The summed E-state index contributed by atoms with van der Waals surface area (Å²) in [5.41, 5.74) is -0.410. The molecule has 4 heteroatoms. The van der Waals surface area contributed by atoms with Gasteiger partial charge in [0.05, 0.1) is 0 Å². The van der Waals surface area contributed by atoms with E-state index in [1.54, 1.807) is 0 Å². The normalized spacial score (nSPS) is 24.3. The molecule has 1 amide bonds. The van der Waals surface area contributed by atoms with Crippen molar-refractivity contribution in [2.45, 2.75) is 58.1 Å². The van der Waals surface area contributed by atoms with Crippen molar-refractivity contribution in [1.82, 2.24) is 10.2 Å². The van der Waals surface area contributed by atoms with Gasteiger partial charge in [0.25, 0.3) is 0 Å². The molecule has 0 radical (unpaired) electrons. The second kappa shape index (κ2) is 6.41. The first kappa shape index (κ1) is 15.3. The molecule has 0 aromatic rings. The van der Waals surface area contributed by atoms with E-state index in [4.69, 9.17) is 4.74 Å². The standard InChI is InChI=1S/C14H28N2O2/c1-14(2,3)18-13(17)15-12-7-6-11(10-12)8-9-16(4)5/h11-12H,6-10H2,1-5H3,(H,15,17). The number of ether oxygens (including phenoxy) is 1. The fraction of sp³-hybridized carbons (Fsp3) is 0.929. The van der Waals surface area contributed by atoms with Gasteiger partial charge in [-0.2, -0.15) is 0 Å². The molecule has 0 saturated heterocycles. The summed E-state index contributed by atoms with van der Waals surface area (Å²) >= 11 is 0. The highest BCUT2D eigenvalue weighted by Gasteiger charge is 2.27. The predicted octanol–water partition coefficient (Wildman–Crippen LogP) is 2.63. The molecule has 0 heterocycles. The summed E-state index contributed by atoms with van der Waals surface area (Å²) < 4.78 is 5.27. The second-order valence-electron chi connectivity index (χ2n) is 6.61. The predicted molar refractivity (Wildman–Crippen MR) is 73.7 cm³/mol. The van der Waals surface area contributed by atoms with Crippen molar-refractivity contribution in [3.8, 4) is 0 Å². The molecular formula is C14H28N2O2. The van der Waals surface area contributed by atoms with Gasteiger partial charge in [-0.3, -0.25) is 0 Å². The first-order chi connectivity index (χ1) is 8.26. The zero-order chi connectivity index (χ0) is 13.8. The number of carbonyl (C=O) groups excluding carboxylic acids is 1. The minimum absolute atomic E-state index is 0.277. The Bertz CT molecular complexity index is 271. The lowest BCUT2D eigenvalue weighted by molar-refractivity contribution is 0.0504. The van der Waals surface area contributed by atoms with E-state index in [-0.39, 0.29) is 6.09 Å². The van der Waals surface area contributed by atoms with Crippen LogP contribution in [0.3, 0.4) is 0 Å². The lowest BCUT2D eigenvalue weighted by Crippen LogP contribution is -2.38. The molecular weight excluding hydrogens is 228 g/mol. The van der Waals surface area contributed by atoms with Crippen LogP contribution >= 0.6 is 0 Å². The van der Waals surface area contributed by atoms with E-state index in [1.165, 1.54) is 12.8 Å². The van der Waals surface area contributed by atoms with Gasteiger partial charge in [0.1, 0.15) is 5.60 Å². The van der Waals surface area contributed by atoms with Crippen LogP contribution in [0.1, 0.15) is 46.5 Å². The Morgan fingerprint density at radius 1 is 1.33 bits per heavy atom. The van der Waals surface area contributed by atoms with Gasteiger partial charge in [0, 0.05) is 6.04 Å². The summed E-state index contributed by atoms with van der Waals surface area (Å²) in [5, 5.41) is 2.98. The van der Waals surface area contributed by atoms with Crippen LogP contribution in [0.4, 0.5) is 4.79 Å². The van der Waals surface area contributed by atoms with Crippen LogP contribution in [0.15, 0.2) is 0 Å². The van der Waals surface area contributed by atoms with Crippen LogP contribution in [-0.2, 0) is 4.74 Å². The quantitative estimate of drug-likeness (QED) is 0.840. The highest BCUT2D eigenvalue weighted by molar-refractivity contribution is 5.68. The van der Waals surface area contributed by atoms with E-state index < -0.39 is 5.60 Å². The minimum atomic E-state index is -0.410. The molecule has 0 aromatic carbocycles. The van der Waals surface area contributed by atoms with E-state index >= 15 is 0 Å². The largest absolute Gasteiger partial charge is 0.444 e. The van der Waals surface area contributed by atoms with E-state index in [9.17, 15) is 4.79 Å². The topological polar surface area (TPSA) is 41.6 Å². The Labute approximate surface area is 111 Å². The van der Waals surface area contributed by atoms with Gasteiger partial charge < -0.3 is 15.0 Å². The lowest BCUT2D eigenvalue weighted by Gasteiger charge is -2.22. The lowest BCUT2D eigenvalue weighted by atomic mass is 10.0. The number of alkyl carbamates (subject to hydrolysis) is 1. The maximum atomic E-state index is 11.6. The molecule has 1 rings (SSSR count). The zero-order valence-corrected chi connectivity index (χ0v) is 12.5. The van der Waals surface area contributed by atoms with E-state index in [2.05, 4.69) is 24.3 Å². The molecule has 0 aromatic heterocycles. The van der Waals surface area contributed by atoms with Crippen molar-refractivity contribution < 1.29 is 9.53 Å². The maximum Gasteiger partial charge on any atom is 0.407 e. The number of amides is 1. The highest BCUT2D eigenvalue weighted by atomic mass is 16.6. The van der Waals surface area contributed by atoms with E-state index in [0.717, 1.165) is 25.3 Å². The summed E-state index contributed by atoms with van der Waals surface area (Å²) in [5.74, 6) is 0.743. The van der Waals surface area contributed by atoms with Gasteiger partial charge >= 0.3 is 6.09 Å². The third-order valence-electron chi connectivity index (χ3n) is 3.25. The molecule has 1 saturated carbocycles. The van der Waals surface area contributed by atoms with Crippen molar-refractivity contribution in [3.63, 3.8) is 0 Å². The van der Waals surface area contributed by atoms with Crippen molar-refractivity contribution in [2.24, 2.45) is 5.92 Å². The molecule has 2 unspecified atom stereocenters. The monoisotopic (exact) mass is 256 g/mol. The molecule has 4 nitrogen and oxygen atoms in total. The van der Waals surface area contributed by atoms with Crippen LogP contribution in [0, 0.1) is 5.92 Å². The van der Waals surface area contributed by atoms with Gasteiger partial charge in [-0.1, -0.05) is 0 Å². The average molecular weight is 256 g/mol. The fourth-order valence-corrected chi connectivity index (χ4v) is 2.38. The van der Waals surface area contributed by atoms with Crippen LogP contribution in [0.5, 0.6) is 0 Å². The fourth-order valence-electron chi connectivity index (χ4n) is 2.38. The average Bonchev–Trinajstić information content (AvgIpc) is 2.59. The molecule has 1 fully saturated rings. The molecule has 0 bridgehead atoms. The van der Waals surface area contributed by atoms with E-state index in [1.807, 2.05) is 20.8 Å². The third kappa shape index (κ3) is 6.24. The second-order valence-corrected chi connectivity index (χ2v) is 6.61. The molecule has 2 atom stereocenters. The molecule has 0 spiro atoms. The van der Waals surface area contributed by atoms with Crippen LogP contribution in [-0.4, -0.2) is 43.3 Å². The Morgan fingerprint density at radius 2 is 2.00 bits per heavy atom. The van der Waals surface area contributed by atoms with Gasteiger partial charge in [-0.05, 0) is 73.0 Å². The van der Waals surface area contributed by atoms with Crippen LogP contribution in [0.2, 0.25) is 0 Å². The number of rotatable bonds is 4. The first-order valence-electron chi connectivity index (χ1n) is 6.90. The Kier molecular flexibility index (Phi) is 5.45. The Balaban J connectivity index is 2.24. The molecule has 0 aliphatic heterocycles. The first-order valence-corrected chi connectivity index (χ1v) is 6.90.